The quantitative estimate of drug-likeness (QED) is 0.471. The zero-order chi connectivity index (χ0) is 24.0. The number of benzene rings is 2. The topological polar surface area (TPSA) is 121 Å². The Kier molecular flexibility index (Phi) is 7.49. The van der Waals surface area contributed by atoms with E-state index in [0.29, 0.717) is 17.9 Å². The Labute approximate surface area is 192 Å². The van der Waals surface area contributed by atoms with Gasteiger partial charge < -0.3 is 13.9 Å². The first-order valence-corrected chi connectivity index (χ1v) is 11.6. The van der Waals surface area contributed by atoms with Crippen molar-refractivity contribution in [2.45, 2.75) is 30.4 Å². The lowest BCUT2D eigenvalue weighted by Gasteiger charge is -2.08. The minimum Gasteiger partial charge on any atom is -0.493 e. The fraction of sp³-hybridized carbons (Fsp3) is 0.261. The van der Waals surface area contributed by atoms with Crippen LogP contribution in [0, 0.1) is 0 Å². The highest BCUT2D eigenvalue weighted by atomic mass is 32.2. The van der Waals surface area contributed by atoms with Gasteiger partial charge >= 0.3 is 6.01 Å². The second kappa shape index (κ2) is 10.3. The molecule has 1 heterocycles. The molecule has 0 radical (unpaired) electrons. The molecule has 0 atom stereocenters. The predicted molar refractivity (Wildman–Crippen MR) is 123 cm³/mol. The van der Waals surface area contributed by atoms with Crippen molar-refractivity contribution in [2.24, 2.45) is 0 Å². The number of hydrogen-bond donors (Lipinski definition) is 1. The summed E-state index contributed by atoms with van der Waals surface area (Å²) in [6, 6.07) is 11.7. The lowest BCUT2D eigenvalue weighted by molar-refractivity contribution is -0.112. The van der Waals surface area contributed by atoms with Gasteiger partial charge in [-0.1, -0.05) is 23.3 Å². The molecule has 33 heavy (non-hydrogen) atoms. The Morgan fingerprint density at radius 1 is 1.06 bits per heavy atom. The number of carbonyl (C=O) groups excluding carboxylic acids is 1. The second-order valence-corrected chi connectivity index (χ2v) is 9.86. The normalized spacial score (nSPS) is 11.7. The van der Waals surface area contributed by atoms with Crippen LogP contribution < -0.4 is 14.8 Å². The van der Waals surface area contributed by atoms with E-state index in [1.165, 1.54) is 13.2 Å². The van der Waals surface area contributed by atoms with Gasteiger partial charge in [-0.3, -0.25) is 10.1 Å². The van der Waals surface area contributed by atoms with E-state index < -0.39 is 21.0 Å². The summed E-state index contributed by atoms with van der Waals surface area (Å²) in [5.41, 5.74) is 1.55. The average Bonchev–Trinajstić information content (AvgIpc) is 3.24. The van der Waals surface area contributed by atoms with E-state index in [-0.39, 0.29) is 16.8 Å². The van der Waals surface area contributed by atoms with Crippen molar-refractivity contribution in [3.05, 3.63) is 65.6 Å². The van der Waals surface area contributed by atoms with Gasteiger partial charge in [-0.15, -0.1) is 5.10 Å². The fourth-order valence-corrected chi connectivity index (χ4v) is 3.95. The SMILES string of the molecule is COc1ccc(C=CC(=O)Nc2nnc(Cc3ccc(S(=O)(=O)C(C)C)cc3)o2)cc1OC. The predicted octanol–water partition coefficient (Wildman–Crippen LogP) is 3.51. The summed E-state index contributed by atoms with van der Waals surface area (Å²) < 4.78 is 40.3. The minimum atomic E-state index is -3.33. The maximum Gasteiger partial charge on any atom is 0.322 e. The Bertz CT molecular complexity index is 1250. The van der Waals surface area contributed by atoms with E-state index in [4.69, 9.17) is 13.9 Å². The zero-order valence-corrected chi connectivity index (χ0v) is 19.5. The van der Waals surface area contributed by atoms with Crippen LogP contribution in [0.15, 0.2) is 57.9 Å². The van der Waals surface area contributed by atoms with Crippen molar-refractivity contribution in [3.8, 4) is 11.5 Å². The van der Waals surface area contributed by atoms with Crippen molar-refractivity contribution >= 4 is 27.8 Å². The summed E-state index contributed by atoms with van der Waals surface area (Å²) in [6.45, 7) is 3.28. The molecule has 0 unspecified atom stereocenters. The Hall–Kier alpha value is -3.66. The summed E-state index contributed by atoms with van der Waals surface area (Å²) in [7, 11) is -0.245. The number of anilines is 1. The van der Waals surface area contributed by atoms with Crippen molar-refractivity contribution < 1.29 is 27.1 Å². The van der Waals surface area contributed by atoms with E-state index in [1.807, 2.05) is 0 Å². The molecule has 0 aliphatic heterocycles. The number of nitrogens with one attached hydrogen (secondary N) is 1. The summed E-state index contributed by atoms with van der Waals surface area (Å²) in [4.78, 5) is 12.4. The Morgan fingerprint density at radius 3 is 2.39 bits per heavy atom. The highest BCUT2D eigenvalue weighted by Crippen LogP contribution is 2.28. The monoisotopic (exact) mass is 471 g/mol. The molecule has 174 valence electrons. The molecule has 0 aliphatic rings. The van der Waals surface area contributed by atoms with Crippen molar-refractivity contribution in [3.63, 3.8) is 0 Å². The van der Waals surface area contributed by atoms with Crippen LogP contribution in [0.25, 0.3) is 6.08 Å². The van der Waals surface area contributed by atoms with Gasteiger partial charge in [0.2, 0.25) is 5.89 Å². The highest BCUT2D eigenvalue weighted by Gasteiger charge is 2.19. The number of amides is 1. The standard InChI is InChI=1S/C23H25N3O6S/c1-15(2)33(28,29)18-9-5-17(6-10-18)14-22-25-26-23(32-22)24-21(27)12-8-16-7-11-19(30-3)20(13-16)31-4/h5-13,15H,14H2,1-4H3,(H,24,26,27). The summed E-state index contributed by atoms with van der Waals surface area (Å²) >= 11 is 0. The number of rotatable bonds is 9. The molecule has 1 N–H and O–H groups in total. The highest BCUT2D eigenvalue weighted by molar-refractivity contribution is 7.92. The molecule has 0 bridgehead atoms. The van der Waals surface area contributed by atoms with Gasteiger partial charge in [0.25, 0.3) is 5.91 Å². The molecule has 0 saturated heterocycles. The average molecular weight is 472 g/mol. The summed E-state index contributed by atoms with van der Waals surface area (Å²) in [5, 5.41) is 9.76. The molecular weight excluding hydrogens is 446 g/mol. The van der Waals surface area contributed by atoms with Crippen LogP contribution in [0.2, 0.25) is 0 Å². The van der Waals surface area contributed by atoms with E-state index in [9.17, 15) is 13.2 Å². The number of aromatic nitrogens is 2. The third-order valence-electron chi connectivity index (χ3n) is 4.76. The van der Waals surface area contributed by atoms with Crippen LogP contribution >= 0.6 is 0 Å². The van der Waals surface area contributed by atoms with Gasteiger partial charge in [0, 0.05) is 6.08 Å². The summed E-state index contributed by atoms with van der Waals surface area (Å²) in [5.74, 6) is 0.988. The Balaban J connectivity index is 1.60. The maximum absolute atomic E-state index is 12.2. The first-order chi connectivity index (χ1) is 15.7. The first kappa shape index (κ1) is 24.0. The number of methoxy groups -OCH3 is 2. The first-order valence-electron chi connectivity index (χ1n) is 10.1. The molecule has 0 saturated carbocycles. The molecule has 0 spiro atoms. The van der Waals surface area contributed by atoms with E-state index in [0.717, 1.165) is 11.1 Å². The molecular formula is C23H25N3O6S. The molecule has 3 aromatic rings. The van der Waals surface area contributed by atoms with Crippen molar-refractivity contribution in [1.82, 2.24) is 10.2 Å². The van der Waals surface area contributed by atoms with Gasteiger partial charge in [-0.25, -0.2) is 8.42 Å². The summed E-state index contributed by atoms with van der Waals surface area (Å²) in [6.07, 6.45) is 3.24. The molecule has 0 aliphatic carbocycles. The molecule has 9 nitrogen and oxygen atoms in total. The van der Waals surface area contributed by atoms with Gasteiger partial charge in [-0.05, 0) is 55.3 Å². The van der Waals surface area contributed by atoms with Gasteiger partial charge in [0.15, 0.2) is 21.3 Å². The van der Waals surface area contributed by atoms with E-state index >= 15 is 0 Å². The van der Waals surface area contributed by atoms with Crippen LogP contribution in [0.5, 0.6) is 11.5 Å². The Morgan fingerprint density at radius 2 is 1.76 bits per heavy atom. The van der Waals surface area contributed by atoms with E-state index in [2.05, 4.69) is 15.5 Å². The lowest BCUT2D eigenvalue weighted by Crippen LogP contribution is -2.13. The van der Waals surface area contributed by atoms with Crippen molar-refractivity contribution in [1.29, 1.82) is 0 Å². The number of sulfone groups is 1. The van der Waals surface area contributed by atoms with Gasteiger partial charge in [-0.2, -0.15) is 0 Å². The van der Waals surface area contributed by atoms with E-state index in [1.54, 1.807) is 69.5 Å². The molecule has 0 fully saturated rings. The largest absolute Gasteiger partial charge is 0.493 e. The zero-order valence-electron chi connectivity index (χ0n) is 18.7. The van der Waals surface area contributed by atoms with Crippen LogP contribution in [0.4, 0.5) is 6.01 Å². The fourth-order valence-electron chi connectivity index (χ4n) is 2.89. The minimum absolute atomic E-state index is 0.0361. The molecule has 1 amide bonds. The smallest absolute Gasteiger partial charge is 0.322 e. The van der Waals surface area contributed by atoms with Gasteiger partial charge in [0.05, 0.1) is 30.8 Å². The molecule has 3 rings (SSSR count). The van der Waals surface area contributed by atoms with Crippen LogP contribution in [0.3, 0.4) is 0 Å². The number of hydrogen-bond acceptors (Lipinski definition) is 8. The number of carbonyl (C=O) groups is 1. The molecule has 1 aromatic heterocycles. The van der Waals surface area contributed by atoms with Crippen LogP contribution in [-0.4, -0.2) is 44.0 Å². The maximum atomic E-state index is 12.2. The molecule has 2 aromatic carbocycles. The lowest BCUT2D eigenvalue weighted by atomic mass is 10.1. The second-order valence-electron chi connectivity index (χ2n) is 7.35. The third kappa shape index (κ3) is 5.98. The molecule has 10 heteroatoms. The third-order valence-corrected chi connectivity index (χ3v) is 6.93. The number of ether oxygens (including phenoxy) is 2. The van der Waals surface area contributed by atoms with Gasteiger partial charge in [0.1, 0.15) is 0 Å². The number of nitrogens with zero attached hydrogens (tertiary/aromatic N) is 2. The van der Waals surface area contributed by atoms with Crippen LogP contribution in [0.1, 0.15) is 30.9 Å². The van der Waals surface area contributed by atoms with Crippen LogP contribution in [-0.2, 0) is 21.1 Å². The van der Waals surface area contributed by atoms with Crippen molar-refractivity contribution in [2.75, 3.05) is 19.5 Å².